The lowest BCUT2D eigenvalue weighted by Crippen LogP contribution is -2.49. The summed E-state index contributed by atoms with van der Waals surface area (Å²) in [5, 5.41) is 4.57. The van der Waals surface area contributed by atoms with E-state index < -0.39 is 35.9 Å². The first kappa shape index (κ1) is 19.2. The normalized spacial score (nSPS) is 10.9. The molecule has 0 aliphatic carbocycles. The molecule has 0 bridgehead atoms. The van der Waals surface area contributed by atoms with Crippen LogP contribution in [0.3, 0.4) is 0 Å². The Morgan fingerprint density at radius 1 is 1.12 bits per heavy atom. The summed E-state index contributed by atoms with van der Waals surface area (Å²) in [4.78, 5) is 35.1. The summed E-state index contributed by atoms with van der Waals surface area (Å²) in [6, 6.07) is 7.98. The van der Waals surface area contributed by atoms with E-state index >= 15 is 0 Å². The number of halogens is 1. The number of rotatable bonds is 4. The van der Waals surface area contributed by atoms with Crippen LogP contribution < -0.4 is 10.6 Å². The van der Waals surface area contributed by atoms with Crippen LogP contribution in [0.2, 0.25) is 0 Å². The van der Waals surface area contributed by atoms with E-state index in [0.717, 1.165) is 0 Å². The zero-order chi connectivity index (χ0) is 19.3. The van der Waals surface area contributed by atoms with Gasteiger partial charge in [-0.2, -0.15) is 0 Å². The summed E-state index contributed by atoms with van der Waals surface area (Å²) in [5.41, 5.74) is -0.318. The highest BCUT2D eigenvalue weighted by Gasteiger charge is 2.19. The second-order valence-corrected chi connectivity index (χ2v) is 6.47. The number of nitrogens with one attached hydrogen (secondary N) is 2. The van der Waals surface area contributed by atoms with Gasteiger partial charge in [-0.05, 0) is 45.0 Å². The molecule has 0 saturated heterocycles. The van der Waals surface area contributed by atoms with Crippen LogP contribution in [-0.4, -0.2) is 30.1 Å². The molecule has 138 valence electrons. The summed E-state index contributed by atoms with van der Waals surface area (Å²) in [6.07, 6.45) is 0. The Morgan fingerprint density at radius 2 is 1.81 bits per heavy atom. The quantitative estimate of drug-likeness (QED) is 0.815. The van der Waals surface area contributed by atoms with Crippen molar-refractivity contribution in [3.63, 3.8) is 0 Å². The van der Waals surface area contributed by atoms with Gasteiger partial charge in [-0.25, -0.2) is 14.0 Å². The van der Waals surface area contributed by atoms with E-state index in [1.807, 2.05) is 5.32 Å². The van der Waals surface area contributed by atoms with Crippen LogP contribution >= 0.6 is 0 Å². The van der Waals surface area contributed by atoms with Gasteiger partial charge in [-0.1, -0.05) is 12.1 Å². The molecule has 2 rings (SSSR count). The van der Waals surface area contributed by atoms with Gasteiger partial charge >= 0.3 is 12.0 Å². The number of carbonyl (C=O) groups excluding carboxylic acids is 3. The van der Waals surface area contributed by atoms with Gasteiger partial charge in [0.2, 0.25) is 5.76 Å². The van der Waals surface area contributed by atoms with E-state index in [0.29, 0.717) is 0 Å². The lowest BCUT2D eigenvalue weighted by atomic mass is 10.1. The van der Waals surface area contributed by atoms with Gasteiger partial charge < -0.3 is 14.5 Å². The molecule has 0 saturated carbocycles. The molecule has 2 aromatic rings. The van der Waals surface area contributed by atoms with Crippen molar-refractivity contribution in [2.24, 2.45) is 0 Å². The standard InChI is InChI=1S/C18H19FN2O5/c1-18(2,3)21-17(24)20-15(22)10-25-16(23)14-9-8-13(26-14)11-6-4-5-7-12(11)19/h4-9H,10H2,1-3H3,(H2,20,21,22,24). The van der Waals surface area contributed by atoms with Crippen LogP contribution in [0.1, 0.15) is 31.3 Å². The lowest BCUT2D eigenvalue weighted by Gasteiger charge is -2.20. The van der Waals surface area contributed by atoms with Gasteiger partial charge in [0.15, 0.2) is 6.61 Å². The Kier molecular flexibility index (Phi) is 5.76. The Labute approximate surface area is 149 Å². The van der Waals surface area contributed by atoms with E-state index in [-0.39, 0.29) is 17.1 Å². The molecule has 26 heavy (non-hydrogen) atoms. The van der Waals surface area contributed by atoms with Crippen molar-refractivity contribution in [3.8, 4) is 11.3 Å². The number of urea groups is 1. The first-order chi connectivity index (χ1) is 12.2. The molecule has 0 radical (unpaired) electrons. The highest BCUT2D eigenvalue weighted by molar-refractivity contribution is 5.96. The summed E-state index contributed by atoms with van der Waals surface area (Å²) in [6.45, 7) is 4.59. The number of furan rings is 1. The maximum atomic E-state index is 13.7. The number of hydrogen-bond acceptors (Lipinski definition) is 5. The Bertz CT molecular complexity index is 823. The fourth-order valence-corrected chi connectivity index (χ4v) is 1.99. The number of esters is 1. The van der Waals surface area contributed by atoms with Crippen molar-refractivity contribution in [1.29, 1.82) is 0 Å². The van der Waals surface area contributed by atoms with Crippen LogP contribution in [0.25, 0.3) is 11.3 Å². The van der Waals surface area contributed by atoms with E-state index in [9.17, 15) is 18.8 Å². The van der Waals surface area contributed by atoms with Crippen molar-refractivity contribution < 1.29 is 27.9 Å². The maximum Gasteiger partial charge on any atom is 0.374 e. The monoisotopic (exact) mass is 362 g/mol. The van der Waals surface area contributed by atoms with Gasteiger partial charge in [0, 0.05) is 5.54 Å². The third-order valence-corrected chi connectivity index (χ3v) is 3.02. The van der Waals surface area contributed by atoms with Crippen LogP contribution in [0.4, 0.5) is 9.18 Å². The number of hydrogen-bond donors (Lipinski definition) is 2. The first-order valence-electron chi connectivity index (χ1n) is 7.79. The molecule has 1 heterocycles. The molecule has 0 aliphatic rings. The fourth-order valence-electron chi connectivity index (χ4n) is 1.99. The average Bonchev–Trinajstić information content (AvgIpc) is 3.01. The Morgan fingerprint density at radius 3 is 2.46 bits per heavy atom. The molecule has 2 N–H and O–H groups in total. The molecule has 0 aliphatic heterocycles. The molecule has 3 amide bonds. The van der Waals surface area contributed by atoms with Gasteiger partial charge in [-0.15, -0.1) is 0 Å². The molecule has 0 spiro atoms. The SMILES string of the molecule is CC(C)(C)NC(=O)NC(=O)COC(=O)c1ccc(-c2ccccc2F)o1. The summed E-state index contributed by atoms with van der Waals surface area (Å²) in [5.74, 6) is -2.22. The molecule has 7 nitrogen and oxygen atoms in total. The third-order valence-electron chi connectivity index (χ3n) is 3.02. The number of ether oxygens (including phenoxy) is 1. The molecule has 1 aromatic heterocycles. The number of benzene rings is 1. The van der Waals surface area contributed by atoms with E-state index in [2.05, 4.69) is 5.32 Å². The fraction of sp³-hybridized carbons (Fsp3) is 0.278. The van der Waals surface area contributed by atoms with Crippen molar-refractivity contribution in [2.75, 3.05) is 6.61 Å². The average molecular weight is 362 g/mol. The van der Waals surface area contributed by atoms with Crippen molar-refractivity contribution >= 4 is 17.9 Å². The van der Waals surface area contributed by atoms with Gasteiger partial charge in [0.25, 0.3) is 5.91 Å². The minimum Gasteiger partial charge on any atom is -0.450 e. The molecule has 0 unspecified atom stereocenters. The number of carbonyl (C=O) groups is 3. The molecule has 1 aromatic carbocycles. The summed E-state index contributed by atoms with van der Waals surface area (Å²) >= 11 is 0. The smallest absolute Gasteiger partial charge is 0.374 e. The second-order valence-electron chi connectivity index (χ2n) is 6.47. The predicted molar refractivity (Wildman–Crippen MR) is 90.8 cm³/mol. The topological polar surface area (TPSA) is 97.6 Å². The van der Waals surface area contributed by atoms with Gasteiger partial charge in [0.05, 0.1) is 5.56 Å². The van der Waals surface area contributed by atoms with E-state index in [1.165, 1.54) is 30.3 Å². The minimum absolute atomic E-state index is 0.157. The molecular weight excluding hydrogens is 343 g/mol. The Balaban J connectivity index is 1.90. The van der Waals surface area contributed by atoms with Gasteiger partial charge in [0.1, 0.15) is 11.6 Å². The Hall–Kier alpha value is -3.16. The molecule has 0 fully saturated rings. The number of imide groups is 1. The van der Waals surface area contributed by atoms with Crippen LogP contribution in [0.5, 0.6) is 0 Å². The van der Waals surface area contributed by atoms with E-state index in [1.54, 1.807) is 26.8 Å². The largest absolute Gasteiger partial charge is 0.450 e. The zero-order valence-electron chi connectivity index (χ0n) is 14.6. The van der Waals surface area contributed by atoms with Crippen LogP contribution in [-0.2, 0) is 9.53 Å². The number of amides is 3. The molecule has 8 heteroatoms. The second kappa shape index (κ2) is 7.81. The third kappa shape index (κ3) is 5.44. The molecular formula is C18H19FN2O5. The summed E-state index contributed by atoms with van der Waals surface area (Å²) < 4.78 is 23.8. The highest BCUT2D eigenvalue weighted by atomic mass is 19.1. The highest BCUT2D eigenvalue weighted by Crippen LogP contribution is 2.25. The van der Waals surface area contributed by atoms with Gasteiger partial charge in [-0.3, -0.25) is 10.1 Å². The van der Waals surface area contributed by atoms with Crippen molar-refractivity contribution in [2.45, 2.75) is 26.3 Å². The first-order valence-corrected chi connectivity index (χ1v) is 7.79. The van der Waals surface area contributed by atoms with Crippen molar-refractivity contribution in [3.05, 3.63) is 48.0 Å². The predicted octanol–water partition coefficient (Wildman–Crippen LogP) is 2.87. The maximum absolute atomic E-state index is 13.7. The summed E-state index contributed by atoms with van der Waals surface area (Å²) in [7, 11) is 0. The van der Waals surface area contributed by atoms with Crippen molar-refractivity contribution in [1.82, 2.24) is 10.6 Å². The minimum atomic E-state index is -0.904. The van der Waals surface area contributed by atoms with Crippen LogP contribution in [0, 0.1) is 5.82 Å². The van der Waals surface area contributed by atoms with Crippen LogP contribution in [0.15, 0.2) is 40.8 Å². The lowest BCUT2D eigenvalue weighted by molar-refractivity contribution is -0.123. The van der Waals surface area contributed by atoms with E-state index in [4.69, 9.17) is 9.15 Å². The molecule has 0 atom stereocenters. The zero-order valence-corrected chi connectivity index (χ0v) is 14.6.